The molecule has 6 nitrogen and oxygen atoms in total. The number of rotatable bonds is 2. The van der Waals surface area contributed by atoms with Gasteiger partial charge in [-0.1, -0.05) is 0 Å². The van der Waals surface area contributed by atoms with Gasteiger partial charge in [0, 0.05) is 31.7 Å². The predicted molar refractivity (Wildman–Crippen MR) is 72.3 cm³/mol. The smallest absolute Gasteiger partial charge is 0.290 e. The van der Waals surface area contributed by atoms with Crippen LogP contribution in [0.5, 0.6) is 0 Å². The Morgan fingerprint density at radius 3 is 2.89 bits per heavy atom. The first-order valence-corrected chi connectivity index (χ1v) is 6.67. The third kappa shape index (κ3) is 1.96. The van der Waals surface area contributed by atoms with Crippen LogP contribution in [-0.2, 0) is 0 Å². The molecule has 0 aromatic carbocycles. The summed E-state index contributed by atoms with van der Waals surface area (Å²) in [7, 11) is 0. The molecule has 3 unspecified atom stereocenters. The van der Waals surface area contributed by atoms with Crippen LogP contribution in [0.3, 0.4) is 0 Å². The zero-order valence-corrected chi connectivity index (χ0v) is 11.2. The third-order valence-corrected chi connectivity index (χ3v) is 4.47. The Morgan fingerprint density at radius 2 is 2.26 bits per heavy atom. The monoisotopic (exact) mass is 262 g/mol. The molecular weight excluding hydrogens is 244 g/mol. The van der Waals surface area contributed by atoms with Crippen molar-refractivity contribution in [1.29, 1.82) is 0 Å². The van der Waals surface area contributed by atoms with Crippen molar-refractivity contribution >= 4 is 11.5 Å². The van der Waals surface area contributed by atoms with Gasteiger partial charge in [0.15, 0.2) is 0 Å². The van der Waals surface area contributed by atoms with E-state index in [0.717, 1.165) is 25.5 Å². The van der Waals surface area contributed by atoms with Crippen molar-refractivity contribution in [3.63, 3.8) is 0 Å². The van der Waals surface area contributed by atoms with Crippen LogP contribution in [0, 0.1) is 28.9 Å². The van der Waals surface area contributed by atoms with E-state index in [1.807, 2.05) is 0 Å². The number of nitro groups is 1. The van der Waals surface area contributed by atoms with Crippen molar-refractivity contribution in [3.8, 4) is 0 Å². The summed E-state index contributed by atoms with van der Waals surface area (Å²) in [5, 5.41) is 14.2. The van der Waals surface area contributed by atoms with Crippen molar-refractivity contribution < 1.29 is 4.92 Å². The molecule has 1 N–H and O–H groups in total. The van der Waals surface area contributed by atoms with Crippen molar-refractivity contribution in [2.75, 3.05) is 24.5 Å². The largest absolute Gasteiger partial charge is 0.353 e. The molecule has 1 aromatic heterocycles. The van der Waals surface area contributed by atoms with Gasteiger partial charge in [-0.3, -0.25) is 10.1 Å². The lowest BCUT2D eigenvalue weighted by Crippen LogP contribution is -2.33. The quantitative estimate of drug-likeness (QED) is 0.643. The van der Waals surface area contributed by atoms with Gasteiger partial charge in [-0.05, 0) is 31.7 Å². The highest BCUT2D eigenvalue weighted by Crippen LogP contribution is 2.35. The number of nitrogens with one attached hydrogen (secondary N) is 1. The van der Waals surface area contributed by atoms with Crippen LogP contribution in [0.2, 0.25) is 0 Å². The van der Waals surface area contributed by atoms with E-state index in [1.54, 1.807) is 19.1 Å². The van der Waals surface area contributed by atoms with E-state index in [2.05, 4.69) is 22.1 Å². The van der Waals surface area contributed by atoms with E-state index >= 15 is 0 Å². The molecule has 3 rings (SSSR count). The molecule has 19 heavy (non-hydrogen) atoms. The number of hydrogen-bond acceptors (Lipinski definition) is 5. The average Bonchev–Trinajstić information content (AvgIpc) is 2.92. The SMILES string of the molecule is Cc1nc(N2CC3CNCC3C2C)ccc1[N+](=O)[O-]. The molecule has 3 atom stereocenters. The van der Waals surface area contributed by atoms with Crippen molar-refractivity contribution in [1.82, 2.24) is 10.3 Å². The van der Waals surface area contributed by atoms with Crippen LogP contribution >= 0.6 is 0 Å². The Morgan fingerprint density at radius 1 is 1.47 bits per heavy atom. The number of aromatic nitrogens is 1. The second-order valence-electron chi connectivity index (χ2n) is 5.51. The first-order valence-electron chi connectivity index (χ1n) is 6.67. The van der Waals surface area contributed by atoms with Crippen LogP contribution in [0.15, 0.2) is 12.1 Å². The summed E-state index contributed by atoms with van der Waals surface area (Å²) in [6.07, 6.45) is 0. The van der Waals surface area contributed by atoms with Gasteiger partial charge in [0.05, 0.1) is 4.92 Å². The lowest BCUT2D eigenvalue weighted by molar-refractivity contribution is -0.385. The number of nitrogens with zero attached hydrogens (tertiary/aromatic N) is 3. The van der Waals surface area contributed by atoms with E-state index in [-0.39, 0.29) is 10.6 Å². The van der Waals surface area contributed by atoms with Gasteiger partial charge < -0.3 is 10.2 Å². The molecule has 0 spiro atoms. The lowest BCUT2D eigenvalue weighted by Gasteiger charge is -2.25. The molecule has 2 aliphatic heterocycles. The Balaban J connectivity index is 1.87. The molecule has 3 heterocycles. The Kier molecular flexibility index (Phi) is 2.89. The minimum Gasteiger partial charge on any atom is -0.353 e. The van der Waals surface area contributed by atoms with E-state index in [0.29, 0.717) is 23.6 Å². The predicted octanol–water partition coefficient (Wildman–Crippen LogP) is 1.34. The van der Waals surface area contributed by atoms with Gasteiger partial charge >= 0.3 is 0 Å². The minimum absolute atomic E-state index is 0.0949. The van der Waals surface area contributed by atoms with Crippen LogP contribution < -0.4 is 10.2 Å². The highest BCUT2D eigenvalue weighted by molar-refractivity contribution is 5.48. The fourth-order valence-corrected chi connectivity index (χ4v) is 3.36. The van der Waals surface area contributed by atoms with Gasteiger partial charge in [-0.25, -0.2) is 4.98 Å². The normalized spacial score (nSPS) is 29.6. The summed E-state index contributed by atoms with van der Waals surface area (Å²) in [6, 6.07) is 3.78. The molecule has 0 saturated carbocycles. The standard InChI is InChI=1S/C13H18N4O2/c1-8-12(17(18)19)3-4-13(15-8)16-7-10-5-14-6-11(10)9(16)2/h3-4,9-11,14H,5-7H2,1-2H3. The molecule has 2 saturated heterocycles. The maximum atomic E-state index is 10.8. The second-order valence-corrected chi connectivity index (χ2v) is 5.51. The maximum absolute atomic E-state index is 10.8. The number of fused-ring (bicyclic) bond motifs is 1. The van der Waals surface area contributed by atoms with Crippen molar-refractivity contribution in [3.05, 3.63) is 27.9 Å². The first-order chi connectivity index (χ1) is 9.08. The zero-order valence-electron chi connectivity index (χ0n) is 11.2. The van der Waals surface area contributed by atoms with E-state index < -0.39 is 0 Å². The first kappa shape index (κ1) is 12.3. The Hall–Kier alpha value is -1.69. The highest BCUT2D eigenvalue weighted by atomic mass is 16.6. The van der Waals surface area contributed by atoms with Gasteiger partial charge in [0.2, 0.25) is 0 Å². The number of pyridine rings is 1. The Labute approximate surface area is 112 Å². The molecule has 1 aromatic rings. The summed E-state index contributed by atoms with van der Waals surface area (Å²) in [4.78, 5) is 17.1. The average molecular weight is 262 g/mol. The van der Waals surface area contributed by atoms with E-state index in [4.69, 9.17) is 0 Å². The zero-order chi connectivity index (χ0) is 13.6. The van der Waals surface area contributed by atoms with Gasteiger partial charge in [-0.15, -0.1) is 0 Å². The second kappa shape index (κ2) is 4.45. The minimum atomic E-state index is -0.377. The van der Waals surface area contributed by atoms with Crippen LogP contribution in [-0.4, -0.2) is 35.6 Å². The molecule has 0 amide bonds. The number of anilines is 1. The van der Waals surface area contributed by atoms with Crippen molar-refractivity contribution in [2.24, 2.45) is 11.8 Å². The summed E-state index contributed by atoms with van der Waals surface area (Å²) >= 11 is 0. The molecule has 2 fully saturated rings. The van der Waals surface area contributed by atoms with Gasteiger partial charge in [0.25, 0.3) is 5.69 Å². The summed E-state index contributed by atoms with van der Waals surface area (Å²) in [5.74, 6) is 2.20. The fourth-order valence-electron chi connectivity index (χ4n) is 3.36. The Bertz CT molecular complexity index is 519. The molecule has 6 heteroatoms. The molecule has 0 radical (unpaired) electrons. The molecule has 2 aliphatic rings. The van der Waals surface area contributed by atoms with Crippen molar-refractivity contribution in [2.45, 2.75) is 19.9 Å². The molecule has 0 bridgehead atoms. The summed E-state index contributed by atoms with van der Waals surface area (Å²) in [6.45, 7) is 7.04. The van der Waals surface area contributed by atoms with Gasteiger partial charge in [-0.2, -0.15) is 0 Å². The highest BCUT2D eigenvalue weighted by Gasteiger charge is 2.42. The van der Waals surface area contributed by atoms with Crippen LogP contribution in [0.1, 0.15) is 12.6 Å². The fraction of sp³-hybridized carbons (Fsp3) is 0.615. The molecular formula is C13H18N4O2. The van der Waals surface area contributed by atoms with Crippen LogP contribution in [0.25, 0.3) is 0 Å². The molecule has 0 aliphatic carbocycles. The topological polar surface area (TPSA) is 71.3 Å². The third-order valence-electron chi connectivity index (χ3n) is 4.47. The maximum Gasteiger partial charge on any atom is 0.290 e. The van der Waals surface area contributed by atoms with Gasteiger partial charge in [0.1, 0.15) is 11.5 Å². The van der Waals surface area contributed by atoms with E-state index in [1.165, 1.54) is 0 Å². The summed E-state index contributed by atoms with van der Waals surface area (Å²) < 4.78 is 0. The lowest BCUT2D eigenvalue weighted by atomic mass is 9.95. The molecule has 102 valence electrons. The van der Waals surface area contributed by atoms with E-state index in [9.17, 15) is 10.1 Å². The van der Waals surface area contributed by atoms with Crippen LogP contribution in [0.4, 0.5) is 11.5 Å². The number of hydrogen-bond donors (Lipinski definition) is 1. The summed E-state index contributed by atoms with van der Waals surface area (Å²) in [5.41, 5.74) is 0.586. The number of aryl methyl sites for hydroxylation is 1.